The number of carbonyl (C=O) groups is 2. The lowest BCUT2D eigenvalue weighted by molar-refractivity contribution is -0.139. The number of esters is 1. The number of rotatable bonds is 7. The van der Waals surface area contributed by atoms with Gasteiger partial charge in [-0.25, -0.2) is 0 Å². The van der Waals surface area contributed by atoms with Gasteiger partial charge < -0.3 is 14.4 Å². The molecular weight excluding hydrogens is 382 g/mol. The van der Waals surface area contributed by atoms with E-state index in [0.29, 0.717) is 12.3 Å². The molecule has 164 valence electrons. The minimum absolute atomic E-state index is 0.185. The van der Waals surface area contributed by atoms with Crippen molar-refractivity contribution >= 4 is 11.9 Å². The molecule has 30 heavy (non-hydrogen) atoms. The predicted octanol–water partition coefficient (Wildman–Crippen LogP) is 1.16. The summed E-state index contributed by atoms with van der Waals surface area (Å²) in [6.07, 6.45) is 2.24. The zero-order chi connectivity index (χ0) is 21.0. The summed E-state index contributed by atoms with van der Waals surface area (Å²) in [6, 6.07) is 8.14. The third-order valence-electron chi connectivity index (χ3n) is 6.83. The lowest BCUT2D eigenvalue weighted by Gasteiger charge is -2.29. The Morgan fingerprint density at radius 1 is 1.00 bits per heavy atom. The Balaban J connectivity index is 1.27. The summed E-state index contributed by atoms with van der Waals surface area (Å²) in [5.41, 5.74) is 2.00. The minimum Gasteiger partial charge on any atom is -0.469 e. The molecule has 0 aliphatic carbocycles. The number of nitrogens with zero attached hydrogens (tertiary/aromatic N) is 3. The van der Waals surface area contributed by atoms with Crippen molar-refractivity contribution in [1.82, 2.24) is 14.7 Å². The normalized spacial score (nSPS) is 25.4. The number of likely N-dealkylation sites (tertiary alicyclic amines) is 2. The second-order valence-electron chi connectivity index (χ2n) is 8.81. The molecule has 7 heteroatoms. The van der Waals surface area contributed by atoms with Gasteiger partial charge in [0.1, 0.15) is 0 Å². The van der Waals surface area contributed by atoms with Gasteiger partial charge in [0.2, 0.25) is 5.91 Å². The monoisotopic (exact) mass is 415 g/mol. The molecule has 3 saturated heterocycles. The second-order valence-corrected chi connectivity index (χ2v) is 8.81. The molecule has 1 aromatic rings. The Bertz CT molecular complexity index is 747. The SMILES string of the molecule is COC(=O)Cc1ccc(CN2CCC3(CCN(CCN4CCOCC4)C3=O)C2)cc1. The second kappa shape index (κ2) is 9.45. The average Bonchev–Trinajstić information content (AvgIpc) is 3.32. The Kier molecular flexibility index (Phi) is 6.71. The molecule has 3 aliphatic rings. The lowest BCUT2D eigenvalue weighted by atomic mass is 9.85. The quantitative estimate of drug-likeness (QED) is 0.623. The summed E-state index contributed by atoms with van der Waals surface area (Å²) in [4.78, 5) is 31.5. The molecule has 0 radical (unpaired) electrons. The number of hydrogen-bond donors (Lipinski definition) is 0. The van der Waals surface area contributed by atoms with Crippen molar-refractivity contribution in [3.63, 3.8) is 0 Å². The van der Waals surface area contributed by atoms with E-state index in [1.165, 1.54) is 12.7 Å². The molecule has 4 rings (SSSR count). The van der Waals surface area contributed by atoms with Crippen LogP contribution in [0.2, 0.25) is 0 Å². The highest BCUT2D eigenvalue weighted by Gasteiger charge is 2.50. The van der Waals surface area contributed by atoms with Crippen LogP contribution in [0.25, 0.3) is 0 Å². The smallest absolute Gasteiger partial charge is 0.309 e. The molecule has 1 spiro atoms. The van der Waals surface area contributed by atoms with Crippen LogP contribution in [-0.4, -0.2) is 92.7 Å². The van der Waals surface area contributed by atoms with E-state index in [4.69, 9.17) is 9.47 Å². The summed E-state index contributed by atoms with van der Waals surface area (Å²) in [6.45, 7) is 8.89. The minimum atomic E-state index is -0.220. The molecule has 1 atom stereocenters. The third-order valence-corrected chi connectivity index (χ3v) is 6.83. The maximum Gasteiger partial charge on any atom is 0.309 e. The van der Waals surface area contributed by atoms with Crippen molar-refractivity contribution in [1.29, 1.82) is 0 Å². The summed E-state index contributed by atoms with van der Waals surface area (Å²) in [5, 5.41) is 0. The van der Waals surface area contributed by atoms with Crippen molar-refractivity contribution in [2.24, 2.45) is 5.41 Å². The van der Waals surface area contributed by atoms with Crippen LogP contribution in [0.4, 0.5) is 0 Å². The van der Waals surface area contributed by atoms with Crippen molar-refractivity contribution in [2.45, 2.75) is 25.8 Å². The molecule has 3 aliphatic heterocycles. The first-order chi connectivity index (χ1) is 14.6. The predicted molar refractivity (Wildman–Crippen MR) is 113 cm³/mol. The lowest BCUT2D eigenvalue weighted by Crippen LogP contribution is -2.43. The van der Waals surface area contributed by atoms with Gasteiger partial charge in [-0.3, -0.25) is 19.4 Å². The number of methoxy groups -OCH3 is 1. The molecule has 7 nitrogen and oxygen atoms in total. The fourth-order valence-electron chi connectivity index (χ4n) is 4.92. The third kappa shape index (κ3) is 4.85. The highest BCUT2D eigenvalue weighted by molar-refractivity contribution is 5.85. The first-order valence-electron chi connectivity index (χ1n) is 11.0. The zero-order valence-electron chi connectivity index (χ0n) is 18.0. The Morgan fingerprint density at radius 2 is 1.70 bits per heavy atom. The first-order valence-corrected chi connectivity index (χ1v) is 11.0. The molecular formula is C23H33N3O4. The van der Waals surface area contributed by atoms with Crippen molar-refractivity contribution in [3.05, 3.63) is 35.4 Å². The van der Waals surface area contributed by atoms with Gasteiger partial charge >= 0.3 is 5.97 Å². The Morgan fingerprint density at radius 3 is 2.43 bits per heavy atom. The van der Waals surface area contributed by atoms with E-state index < -0.39 is 0 Å². The van der Waals surface area contributed by atoms with Crippen molar-refractivity contribution in [3.8, 4) is 0 Å². The van der Waals surface area contributed by atoms with E-state index in [9.17, 15) is 9.59 Å². The van der Waals surface area contributed by atoms with E-state index in [2.05, 4.69) is 26.8 Å². The average molecular weight is 416 g/mol. The molecule has 0 N–H and O–H groups in total. The number of ether oxygens (including phenoxy) is 2. The number of carbonyl (C=O) groups excluding carboxylic acids is 2. The van der Waals surface area contributed by atoms with Crippen LogP contribution in [0, 0.1) is 5.41 Å². The Labute approximate surface area is 178 Å². The molecule has 0 bridgehead atoms. The number of hydrogen-bond acceptors (Lipinski definition) is 6. The highest BCUT2D eigenvalue weighted by Crippen LogP contribution is 2.41. The maximum atomic E-state index is 13.2. The topological polar surface area (TPSA) is 62.3 Å². The van der Waals surface area contributed by atoms with Gasteiger partial charge in [-0.05, 0) is 30.5 Å². The summed E-state index contributed by atoms with van der Waals surface area (Å²) in [5.74, 6) is 0.133. The standard InChI is InChI=1S/C23H33N3O4/c1-29-21(27)16-19-2-4-20(5-3-19)17-25-8-6-23(18-25)7-9-26(22(23)28)11-10-24-12-14-30-15-13-24/h2-5H,6-18H2,1H3. The van der Waals surface area contributed by atoms with Crippen LogP contribution in [0.3, 0.4) is 0 Å². The van der Waals surface area contributed by atoms with E-state index in [-0.39, 0.29) is 11.4 Å². The largest absolute Gasteiger partial charge is 0.469 e. The molecule has 0 aromatic heterocycles. The van der Waals surface area contributed by atoms with E-state index >= 15 is 0 Å². The number of amides is 1. The fraction of sp³-hybridized carbons (Fsp3) is 0.652. The Hall–Kier alpha value is -1.96. The van der Waals surface area contributed by atoms with Gasteiger partial charge in [0, 0.05) is 45.8 Å². The van der Waals surface area contributed by atoms with Crippen LogP contribution in [0.15, 0.2) is 24.3 Å². The summed E-state index contributed by atoms with van der Waals surface area (Å²) in [7, 11) is 1.41. The molecule has 3 fully saturated rings. The van der Waals surface area contributed by atoms with Crippen LogP contribution in [0.1, 0.15) is 24.0 Å². The van der Waals surface area contributed by atoms with Gasteiger partial charge in [-0.2, -0.15) is 0 Å². The maximum absolute atomic E-state index is 13.2. The van der Waals surface area contributed by atoms with Crippen molar-refractivity contribution in [2.75, 3.05) is 66.1 Å². The van der Waals surface area contributed by atoms with E-state index in [1.54, 1.807) is 0 Å². The summed E-state index contributed by atoms with van der Waals surface area (Å²) < 4.78 is 10.1. The first kappa shape index (κ1) is 21.3. The number of benzene rings is 1. The van der Waals surface area contributed by atoms with Gasteiger partial charge in [0.25, 0.3) is 0 Å². The highest BCUT2D eigenvalue weighted by atomic mass is 16.5. The van der Waals surface area contributed by atoms with E-state index in [1.807, 2.05) is 12.1 Å². The number of morpholine rings is 1. The molecule has 1 unspecified atom stereocenters. The molecule has 1 amide bonds. The van der Waals surface area contributed by atoms with E-state index in [0.717, 1.165) is 84.0 Å². The van der Waals surface area contributed by atoms with Crippen LogP contribution in [0.5, 0.6) is 0 Å². The molecule has 3 heterocycles. The van der Waals surface area contributed by atoms with Gasteiger partial charge in [-0.15, -0.1) is 0 Å². The van der Waals surface area contributed by atoms with Crippen LogP contribution < -0.4 is 0 Å². The van der Waals surface area contributed by atoms with Gasteiger partial charge in [0.05, 0.1) is 32.2 Å². The molecule has 1 aromatic carbocycles. The van der Waals surface area contributed by atoms with Crippen molar-refractivity contribution < 1.29 is 19.1 Å². The zero-order valence-corrected chi connectivity index (χ0v) is 18.0. The van der Waals surface area contributed by atoms with Gasteiger partial charge in [0.15, 0.2) is 0 Å². The van der Waals surface area contributed by atoms with Crippen LogP contribution in [-0.2, 0) is 32.0 Å². The summed E-state index contributed by atoms with van der Waals surface area (Å²) >= 11 is 0. The van der Waals surface area contributed by atoms with Crippen LogP contribution >= 0.6 is 0 Å². The van der Waals surface area contributed by atoms with Gasteiger partial charge in [-0.1, -0.05) is 24.3 Å². The fourth-order valence-corrected chi connectivity index (χ4v) is 4.92. The molecule has 0 saturated carbocycles.